The number of carbonyl (C=O) groups is 7. The monoisotopic (exact) mass is 1180 g/mol. The van der Waals surface area contributed by atoms with E-state index in [4.69, 9.17) is 10.5 Å². The van der Waals surface area contributed by atoms with E-state index in [0.717, 1.165) is 44.5 Å². The Labute approximate surface area is 517 Å². The molecule has 0 unspecified atom stereocenters. The Morgan fingerprint density at radius 2 is 0.701 bits per heavy atom. The van der Waals surface area contributed by atoms with Gasteiger partial charge in [-0.2, -0.15) is 0 Å². The van der Waals surface area contributed by atoms with E-state index in [1.54, 1.807) is 20.8 Å². The molecular formula is C73H94N6O8. The quantitative estimate of drug-likeness (QED) is 0.0194. The standard InChI is InChI=1S/C39H51N3O5.C34H43N3O3/c1-26(2)30-22-31(27(3)4)24-32(23-30)35(43)25-33(20-28-14-10-8-11-15-28)36(44)42-34(21-29-16-12-9-13-17-29)37(45)40-18-19-41-38(46)47-39(5,6)7;1-23(2)27-19-28(24(3)4)21-29(20-27)32(38)22-30(17-25-11-7-5-8-12-25)33(39)37-31(34(40)36-16-15-35)18-26-13-9-6-10-14-26/h8-17,22-24,26-27,33-34H,18-21,25H2,1-7H3,(H,40,45)(H,41,46)(H,42,44);5-14,19-21,23-24,30-31H,15-18,22,35H2,1-4H3,(H,36,40)(H,37,39)/t33-,34-;30-,31-/m00/s1. The van der Waals surface area contributed by atoms with Crippen molar-refractivity contribution in [2.45, 2.75) is 156 Å². The number of carbonyl (C=O) groups excluding carboxylic acids is 7. The van der Waals surface area contributed by atoms with Crippen molar-refractivity contribution in [3.05, 3.63) is 213 Å². The molecule has 4 atom stereocenters. The molecule has 0 aliphatic heterocycles. The van der Waals surface area contributed by atoms with Gasteiger partial charge in [0.25, 0.3) is 0 Å². The van der Waals surface area contributed by atoms with Gasteiger partial charge in [-0.05, 0) is 126 Å². The highest BCUT2D eigenvalue weighted by Gasteiger charge is 2.31. The zero-order valence-corrected chi connectivity index (χ0v) is 53.0. The molecule has 14 heteroatoms. The van der Waals surface area contributed by atoms with E-state index >= 15 is 0 Å². The van der Waals surface area contributed by atoms with Crippen LogP contribution in [0.5, 0.6) is 0 Å². The number of nitrogens with one attached hydrogen (secondary N) is 5. The fourth-order valence-corrected chi connectivity index (χ4v) is 9.81. The van der Waals surface area contributed by atoms with E-state index in [-0.39, 0.29) is 91.2 Å². The van der Waals surface area contributed by atoms with Gasteiger partial charge >= 0.3 is 6.09 Å². The predicted molar refractivity (Wildman–Crippen MR) is 348 cm³/mol. The summed E-state index contributed by atoms with van der Waals surface area (Å²) in [6, 6.07) is 48.7. The van der Waals surface area contributed by atoms with Crippen molar-refractivity contribution in [2.75, 3.05) is 26.2 Å². The predicted octanol–water partition coefficient (Wildman–Crippen LogP) is 11.9. The highest BCUT2D eigenvalue weighted by atomic mass is 16.6. The minimum absolute atomic E-state index is 0.000699. The first kappa shape index (κ1) is 69.5. The van der Waals surface area contributed by atoms with Crippen LogP contribution in [0.1, 0.15) is 178 Å². The van der Waals surface area contributed by atoms with Gasteiger partial charge in [0, 0.05) is 74.8 Å². The third kappa shape index (κ3) is 24.2. The fourth-order valence-electron chi connectivity index (χ4n) is 9.81. The summed E-state index contributed by atoms with van der Waals surface area (Å²) >= 11 is 0. The first-order chi connectivity index (χ1) is 41.4. The maximum Gasteiger partial charge on any atom is 0.407 e. The van der Waals surface area contributed by atoms with Gasteiger partial charge in [-0.1, -0.05) is 189 Å². The number of ether oxygens (including phenoxy) is 1. The maximum absolute atomic E-state index is 14.0. The number of hydrogen-bond donors (Lipinski definition) is 6. The molecule has 0 spiro atoms. The Morgan fingerprint density at radius 1 is 0.402 bits per heavy atom. The molecule has 0 heterocycles. The van der Waals surface area contributed by atoms with Gasteiger partial charge in [0.05, 0.1) is 0 Å². The second-order valence-corrected chi connectivity index (χ2v) is 24.7. The largest absolute Gasteiger partial charge is 0.444 e. The average molecular weight is 1180 g/mol. The molecule has 6 aromatic carbocycles. The Morgan fingerprint density at radius 3 is 1.00 bits per heavy atom. The van der Waals surface area contributed by atoms with Crippen LogP contribution in [0.3, 0.4) is 0 Å². The normalized spacial score (nSPS) is 12.7. The Kier molecular flexibility index (Phi) is 27.8. The van der Waals surface area contributed by atoms with Crippen LogP contribution in [0.2, 0.25) is 0 Å². The SMILES string of the molecule is CC(C)c1cc(C(=O)C[C@H](Cc2ccccc2)C(=O)N[C@@H](Cc2ccccc2)C(=O)NCCN)cc(C(C)C)c1.CC(C)c1cc(C(=O)C[C@H](Cc2ccccc2)C(=O)N[C@@H](Cc2ccccc2)C(=O)NCCNC(=O)OC(C)(C)C)cc(C(C)C)c1. The van der Waals surface area contributed by atoms with E-state index in [9.17, 15) is 33.6 Å². The maximum atomic E-state index is 14.0. The number of amides is 5. The molecule has 0 saturated heterocycles. The third-order valence-corrected chi connectivity index (χ3v) is 14.9. The van der Waals surface area contributed by atoms with Crippen LogP contribution in [-0.2, 0) is 49.6 Å². The van der Waals surface area contributed by atoms with Crippen LogP contribution in [-0.4, -0.2) is 85.2 Å². The van der Waals surface area contributed by atoms with E-state index < -0.39 is 35.6 Å². The van der Waals surface area contributed by atoms with E-state index in [1.807, 2.05) is 146 Å². The second kappa shape index (κ2) is 34.8. The average Bonchev–Trinajstić information content (AvgIpc) is 2.27. The molecule has 0 aliphatic rings. The van der Waals surface area contributed by atoms with Crippen LogP contribution < -0.4 is 32.3 Å². The van der Waals surface area contributed by atoms with Crippen LogP contribution in [0.25, 0.3) is 0 Å². The molecule has 0 radical (unpaired) electrons. The van der Waals surface area contributed by atoms with Crippen molar-refractivity contribution in [1.29, 1.82) is 0 Å². The highest BCUT2D eigenvalue weighted by Crippen LogP contribution is 2.28. The van der Waals surface area contributed by atoms with Crippen molar-refractivity contribution >= 4 is 41.3 Å². The number of hydrogen-bond acceptors (Lipinski definition) is 9. The lowest BCUT2D eigenvalue weighted by Crippen LogP contribution is -2.51. The smallest absolute Gasteiger partial charge is 0.407 e. The van der Waals surface area contributed by atoms with Crippen LogP contribution >= 0.6 is 0 Å². The van der Waals surface area contributed by atoms with Gasteiger partial charge in [-0.25, -0.2) is 4.79 Å². The van der Waals surface area contributed by atoms with E-state index in [1.165, 1.54) is 0 Å². The van der Waals surface area contributed by atoms with Gasteiger partial charge in [0.1, 0.15) is 17.7 Å². The molecule has 0 bridgehead atoms. The number of nitrogens with two attached hydrogens (primary N) is 1. The van der Waals surface area contributed by atoms with Crippen LogP contribution in [0, 0.1) is 11.8 Å². The van der Waals surface area contributed by atoms with Gasteiger partial charge in [-0.3, -0.25) is 28.8 Å². The summed E-state index contributed by atoms with van der Waals surface area (Å²) in [6.07, 6.45) is 0.803. The van der Waals surface area contributed by atoms with Gasteiger partial charge < -0.3 is 37.1 Å². The molecule has 6 rings (SSSR count). The summed E-state index contributed by atoms with van der Waals surface area (Å²) in [4.78, 5) is 93.8. The molecule has 14 nitrogen and oxygen atoms in total. The van der Waals surface area contributed by atoms with Crippen molar-refractivity contribution in [3.8, 4) is 0 Å². The summed E-state index contributed by atoms with van der Waals surface area (Å²) < 4.78 is 5.25. The summed E-state index contributed by atoms with van der Waals surface area (Å²) in [7, 11) is 0. The molecule has 5 amide bonds. The number of benzene rings is 6. The third-order valence-electron chi connectivity index (χ3n) is 14.9. The zero-order valence-electron chi connectivity index (χ0n) is 53.0. The molecular weight excluding hydrogens is 1090 g/mol. The first-order valence-corrected chi connectivity index (χ1v) is 30.7. The van der Waals surface area contributed by atoms with Gasteiger partial charge in [-0.15, -0.1) is 0 Å². The number of rotatable bonds is 29. The molecule has 7 N–H and O–H groups in total. The second-order valence-electron chi connectivity index (χ2n) is 24.7. The minimum atomic E-state index is -0.892. The van der Waals surface area contributed by atoms with Crippen molar-refractivity contribution < 1.29 is 38.3 Å². The lowest BCUT2D eigenvalue weighted by atomic mass is 9.87. The molecule has 6 aromatic rings. The Balaban J connectivity index is 0.000000321. The van der Waals surface area contributed by atoms with Crippen LogP contribution in [0.15, 0.2) is 158 Å². The molecule has 0 aromatic heterocycles. The number of Topliss-reactive ketones (excluding diaryl/α,β-unsaturated/α-hetero) is 2. The first-order valence-electron chi connectivity index (χ1n) is 30.7. The minimum Gasteiger partial charge on any atom is -0.444 e. The molecule has 0 saturated carbocycles. The number of ketones is 2. The fraction of sp³-hybridized carbons (Fsp3) is 0.411. The van der Waals surface area contributed by atoms with Crippen molar-refractivity contribution in [3.63, 3.8) is 0 Å². The zero-order chi connectivity index (χ0) is 63.6. The lowest BCUT2D eigenvalue weighted by Gasteiger charge is -2.23. The van der Waals surface area contributed by atoms with Crippen molar-refractivity contribution in [2.24, 2.45) is 17.6 Å². The molecule has 0 fully saturated rings. The lowest BCUT2D eigenvalue weighted by molar-refractivity contribution is -0.131. The molecule has 87 heavy (non-hydrogen) atoms. The Bertz CT molecular complexity index is 3110. The summed E-state index contributed by atoms with van der Waals surface area (Å²) in [5, 5.41) is 14.2. The van der Waals surface area contributed by atoms with Crippen LogP contribution in [0.4, 0.5) is 4.79 Å². The van der Waals surface area contributed by atoms with Gasteiger partial charge in [0.2, 0.25) is 23.6 Å². The highest BCUT2D eigenvalue weighted by molar-refractivity contribution is 6.00. The number of alkyl carbamates (subject to hydrolysis) is 1. The summed E-state index contributed by atoms with van der Waals surface area (Å²) in [5.74, 6) is -1.83. The van der Waals surface area contributed by atoms with Gasteiger partial charge in [0.15, 0.2) is 11.6 Å². The van der Waals surface area contributed by atoms with E-state index in [2.05, 4.69) is 94.1 Å². The summed E-state index contributed by atoms with van der Waals surface area (Å²) in [5.41, 5.74) is 14.3. The van der Waals surface area contributed by atoms with E-state index in [0.29, 0.717) is 43.5 Å². The topological polar surface area (TPSA) is 215 Å². The molecule has 464 valence electrons. The van der Waals surface area contributed by atoms with Crippen molar-refractivity contribution in [1.82, 2.24) is 26.6 Å². The summed E-state index contributed by atoms with van der Waals surface area (Å²) in [6.45, 7) is 23.1. The molecule has 0 aliphatic carbocycles. The Hall–Kier alpha value is -8.23.